The zero-order valence-corrected chi connectivity index (χ0v) is 11.8. The number of methoxy groups -OCH3 is 2. The van der Waals surface area contributed by atoms with Crippen LogP contribution in [0.1, 0.15) is 49.1 Å². The van der Waals surface area contributed by atoms with Gasteiger partial charge in [0.25, 0.3) is 0 Å². The normalized spacial score (nSPS) is 16.1. The average Bonchev–Trinajstić information content (AvgIpc) is 2.48. The number of esters is 1. The van der Waals surface area contributed by atoms with E-state index in [1.807, 2.05) is 6.07 Å². The van der Waals surface area contributed by atoms with E-state index in [4.69, 9.17) is 9.47 Å². The molecular formula is C16H22O3. The molecule has 0 aromatic heterocycles. The second-order valence-corrected chi connectivity index (χ2v) is 5.16. The van der Waals surface area contributed by atoms with Gasteiger partial charge in [-0.05, 0) is 30.4 Å². The van der Waals surface area contributed by atoms with Crippen LogP contribution < -0.4 is 4.74 Å². The SMILES string of the molecule is COC(=O)Cc1ccc(C2CCCCC2)cc1OC. The summed E-state index contributed by atoms with van der Waals surface area (Å²) >= 11 is 0. The largest absolute Gasteiger partial charge is 0.496 e. The van der Waals surface area contributed by atoms with Crippen molar-refractivity contribution in [3.8, 4) is 5.75 Å². The second kappa shape index (κ2) is 6.60. The molecule has 1 fully saturated rings. The Bertz CT molecular complexity index is 434. The average molecular weight is 262 g/mol. The molecule has 0 atom stereocenters. The fraction of sp³-hybridized carbons (Fsp3) is 0.562. The lowest BCUT2D eigenvalue weighted by Crippen LogP contribution is -2.08. The molecule has 19 heavy (non-hydrogen) atoms. The molecule has 0 spiro atoms. The Morgan fingerprint density at radius 2 is 1.95 bits per heavy atom. The minimum absolute atomic E-state index is 0.233. The van der Waals surface area contributed by atoms with Gasteiger partial charge in [0.2, 0.25) is 0 Å². The topological polar surface area (TPSA) is 35.5 Å². The maximum Gasteiger partial charge on any atom is 0.310 e. The third-order valence-corrected chi connectivity index (χ3v) is 3.95. The minimum Gasteiger partial charge on any atom is -0.496 e. The Balaban J connectivity index is 2.17. The number of ether oxygens (including phenoxy) is 2. The van der Waals surface area contributed by atoms with Gasteiger partial charge in [0.1, 0.15) is 5.75 Å². The van der Waals surface area contributed by atoms with E-state index in [0.29, 0.717) is 5.92 Å². The molecule has 0 unspecified atom stereocenters. The Morgan fingerprint density at radius 1 is 1.21 bits per heavy atom. The Kier molecular flexibility index (Phi) is 4.83. The quantitative estimate of drug-likeness (QED) is 0.779. The van der Waals surface area contributed by atoms with E-state index in [0.717, 1.165) is 11.3 Å². The molecule has 1 aliphatic rings. The predicted molar refractivity (Wildman–Crippen MR) is 74.5 cm³/mol. The maximum absolute atomic E-state index is 11.4. The van der Waals surface area contributed by atoms with Gasteiger partial charge in [0, 0.05) is 5.56 Å². The van der Waals surface area contributed by atoms with Crippen molar-refractivity contribution < 1.29 is 14.3 Å². The molecule has 0 saturated heterocycles. The van der Waals surface area contributed by atoms with Gasteiger partial charge in [-0.15, -0.1) is 0 Å². The Morgan fingerprint density at radius 3 is 2.58 bits per heavy atom. The monoisotopic (exact) mass is 262 g/mol. The van der Waals surface area contributed by atoms with Crippen LogP contribution in [0.25, 0.3) is 0 Å². The van der Waals surface area contributed by atoms with Crippen LogP contribution in [-0.2, 0) is 16.0 Å². The zero-order valence-electron chi connectivity index (χ0n) is 11.8. The number of benzene rings is 1. The second-order valence-electron chi connectivity index (χ2n) is 5.16. The summed E-state index contributed by atoms with van der Waals surface area (Å²) in [5.74, 6) is 1.21. The molecule has 1 aromatic rings. The van der Waals surface area contributed by atoms with E-state index < -0.39 is 0 Å². The molecule has 3 nitrogen and oxygen atoms in total. The van der Waals surface area contributed by atoms with Gasteiger partial charge in [0.05, 0.1) is 20.6 Å². The molecule has 0 bridgehead atoms. The van der Waals surface area contributed by atoms with E-state index in [2.05, 4.69) is 12.1 Å². The summed E-state index contributed by atoms with van der Waals surface area (Å²) in [5, 5.41) is 0. The van der Waals surface area contributed by atoms with Gasteiger partial charge in [-0.3, -0.25) is 4.79 Å². The first-order valence-electron chi connectivity index (χ1n) is 6.98. The summed E-state index contributed by atoms with van der Waals surface area (Å²) in [4.78, 5) is 11.4. The van der Waals surface area contributed by atoms with Crippen LogP contribution in [0.5, 0.6) is 5.75 Å². The molecule has 0 aliphatic heterocycles. The van der Waals surface area contributed by atoms with Crippen LogP contribution in [-0.4, -0.2) is 20.2 Å². The Labute approximate surface area is 114 Å². The van der Waals surface area contributed by atoms with Gasteiger partial charge in [0.15, 0.2) is 0 Å². The molecule has 104 valence electrons. The van der Waals surface area contributed by atoms with Crippen molar-refractivity contribution in [1.29, 1.82) is 0 Å². The molecule has 2 rings (SSSR count). The summed E-state index contributed by atoms with van der Waals surface area (Å²) in [5.41, 5.74) is 2.24. The summed E-state index contributed by atoms with van der Waals surface area (Å²) in [6.07, 6.45) is 6.78. The molecule has 1 aromatic carbocycles. The molecule has 0 radical (unpaired) electrons. The highest BCUT2D eigenvalue weighted by molar-refractivity contribution is 5.73. The van der Waals surface area contributed by atoms with Crippen molar-refractivity contribution in [2.24, 2.45) is 0 Å². The molecule has 0 amide bonds. The van der Waals surface area contributed by atoms with Gasteiger partial charge >= 0.3 is 5.97 Å². The van der Waals surface area contributed by atoms with Crippen LogP contribution in [0.2, 0.25) is 0 Å². The summed E-state index contributed by atoms with van der Waals surface area (Å²) in [6.45, 7) is 0. The third-order valence-electron chi connectivity index (χ3n) is 3.95. The first-order valence-corrected chi connectivity index (χ1v) is 6.98. The fourth-order valence-corrected chi connectivity index (χ4v) is 2.82. The number of hydrogen-bond donors (Lipinski definition) is 0. The highest BCUT2D eigenvalue weighted by atomic mass is 16.5. The first-order chi connectivity index (χ1) is 9.24. The highest BCUT2D eigenvalue weighted by Crippen LogP contribution is 2.35. The standard InChI is InChI=1S/C16H22O3/c1-18-15-10-13(12-6-4-3-5-7-12)8-9-14(15)11-16(17)19-2/h8-10,12H,3-7,11H2,1-2H3. The van der Waals surface area contributed by atoms with Crippen LogP contribution in [0.4, 0.5) is 0 Å². The van der Waals surface area contributed by atoms with Crippen molar-refractivity contribution in [3.63, 3.8) is 0 Å². The lowest BCUT2D eigenvalue weighted by molar-refractivity contribution is -0.139. The van der Waals surface area contributed by atoms with E-state index in [-0.39, 0.29) is 12.4 Å². The molecule has 3 heteroatoms. The fourth-order valence-electron chi connectivity index (χ4n) is 2.82. The first kappa shape index (κ1) is 13.9. The third kappa shape index (κ3) is 3.49. The van der Waals surface area contributed by atoms with Crippen molar-refractivity contribution in [2.45, 2.75) is 44.4 Å². The van der Waals surface area contributed by atoms with Crippen molar-refractivity contribution in [2.75, 3.05) is 14.2 Å². The van der Waals surface area contributed by atoms with Crippen LogP contribution in [0.15, 0.2) is 18.2 Å². The van der Waals surface area contributed by atoms with Gasteiger partial charge in [-0.1, -0.05) is 31.4 Å². The lowest BCUT2D eigenvalue weighted by atomic mass is 9.83. The predicted octanol–water partition coefficient (Wildman–Crippen LogP) is 3.46. The highest BCUT2D eigenvalue weighted by Gasteiger charge is 2.17. The zero-order chi connectivity index (χ0) is 13.7. The Hall–Kier alpha value is -1.51. The van der Waals surface area contributed by atoms with E-state index >= 15 is 0 Å². The van der Waals surface area contributed by atoms with Gasteiger partial charge in [-0.25, -0.2) is 0 Å². The molecular weight excluding hydrogens is 240 g/mol. The number of carbonyl (C=O) groups excluding carboxylic acids is 1. The summed E-state index contributed by atoms with van der Waals surface area (Å²) < 4.78 is 10.1. The number of hydrogen-bond acceptors (Lipinski definition) is 3. The number of rotatable bonds is 4. The molecule has 0 heterocycles. The summed E-state index contributed by atoms with van der Waals surface area (Å²) in [7, 11) is 3.06. The molecule has 1 aliphatic carbocycles. The smallest absolute Gasteiger partial charge is 0.310 e. The van der Waals surface area contributed by atoms with Crippen molar-refractivity contribution in [3.05, 3.63) is 29.3 Å². The van der Waals surface area contributed by atoms with Crippen LogP contribution >= 0.6 is 0 Å². The number of carbonyl (C=O) groups is 1. The minimum atomic E-state index is -0.233. The van der Waals surface area contributed by atoms with Crippen LogP contribution in [0, 0.1) is 0 Å². The summed E-state index contributed by atoms with van der Waals surface area (Å²) in [6, 6.07) is 6.23. The van der Waals surface area contributed by atoms with E-state index in [1.54, 1.807) is 7.11 Å². The van der Waals surface area contributed by atoms with E-state index in [1.165, 1.54) is 44.8 Å². The lowest BCUT2D eigenvalue weighted by Gasteiger charge is -2.23. The van der Waals surface area contributed by atoms with Gasteiger partial charge in [-0.2, -0.15) is 0 Å². The maximum atomic E-state index is 11.4. The van der Waals surface area contributed by atoms with Crippen LogP contribution in [0.3, 0.4) is 0 Å². The van der Waals surface area contributed by atoms with E-state index in [9.17, 15) is 4.79 Å². The molecule has 0 N–H and O–H groups in total. The van der Waals surface area contributed by atoms with Gasteiger partial charge < -0.3 is 9.47 Å². The van der Waals surface area contributed by atoms with Crippen molar-refractivity contribution >= 4 is 5.97 Å². The van der Waals surface area contributed by atoms with Crippen molar-refractivity contribution in [1.82, 2.24) is 0 Å². The molecule has 1 saturated carbocycles.